The van der Waals surface area contributed by atoms with E-state index < -0.39 is 0 Å². The quantitative estimate of drug-likeness (QED) is 0.238. The Balaban J connectivity index is 0.00000102. The number of benzene rings is 3. The summed E-state index contributed by atoms with van der Waals surface area (Å²) in [5.41, 5.74) is 7.17. The smallest absolute Gasteiger partial charge is 0.290 e. The Labute approximate surface area is 217 Å². The molecule has 5 aromatic rings. The summed E-state index contributed by atoms with van der Waals surface area (Å²) in [5, 5.41) is 8.16. The van der Waals surface area contributed by atoms with Crippen molar-refractivity contribution in [2.24, 2.45) is 0 Å². The largest absolute Gasteiger partial charge is 0.483 e. The molecule has 0 radical (unpaired) electrons. The first kappa shape index (κ1) is 25.8. The normalized spacial score (nSPS) is 10.7. The number of fused-ring (bicyclic) bond motifs is 1. The van der Waals surface area contributed by atoms with E-state index in [4.69, 9.17) is 19.3 Å². The van der Waals surface area contributed by atoms with Crippen LogP contribution >= 0.6 is 0 Å². The minimum absolute atomic E-state index is 0.250. The van der Waals surface area contributed by atoms with Crippen LogP contribution in [0.5, 0.6) is 0 Å². The summed E-state index contributed by atoms with van der Waals surface area (Å²) in [7, 11) is 0. The van der Waals surface area contributed by atoms with Gasteiger partial charge in [0.2, 0.25) is 5.89 Å². The molecule has 37 heavy (non-hydrogen) atoms. The van der Waals surface area contributed by atoms with Crippen molar-refractivity contribution in [1.29, 1.82) is 0 Å². The van der Waals surface area contributed by atoms with Gasteiger partial charge >= 0.3 is 0 Å². The third-order valence-corrected chi connectivity index (χ3v) is 6.50. The number of aromatic nitrogens is 2. The van der Waals surface area contributed by atoms with Crippen LogP contribution in [0.2, 0.25) is 0 Å². The van der Waals surface area contributed by atoms with Gasteiger partial charge in [0.25, 0.3) is 6.47 Å². The minimum atomic E-state index is -0.250. The Hall–Kier alpha value is -4.32. The zero-order valence-electron chi connectivity index (χ0n) is 21.6. The molecule has 0 aliphatic heterocycles. The number of rotatable bonds is 8. The van der Waals surface area contributed by atoms with Crippen molar-refractivity contribution in [1.82, 2.24) is 9.55 Å². The van der Waals surface area contributed by atoms with Crippen LogP contribution in [0.15, 0.2) is 89.5 Å². The Bertz CT molecular complexity index is 1440. The number of carboxylic acid groups (broad SMARTS) is 1. The highest BCUT2D eigenvalue weighted by molar-refractivity contribution is 5.81. The number of nitrogens with zero attached hydrogens (tertiary/aromatic N) is 3. The summed E-state index contributed by atoms with van der Waals surface area (Å²) in [5.74, 6) is 1.59. The van der Waals surface area contributed by atoms with Crippen molar-refractivity contribution in [3.05, 3.63) is 108 Å². The van der Waals surface area contributed by atoms with Gasteiger partial charge < -0.3 is 19.0 Å². The lowest BCUT2D eigenvalue weighted by Gasteiger charge is -2.23. The monoisotopic (exact) mass is 495 g/mol. The highest BCUT2D eigenvalue weighted by atomic mass is 16.4. The summed E-state index contributed by atoms with van der Waals surface area (Å²) in [6, 6.07) is 27.9. The van der Waals surface area contributed by atoms with Crippen molar-refractivity contribution < 1.29 is 14.3 Å². The van der Waals surface area contributed by atoms with Crippen LogP contribution in [0.25, 0.3) is 22.4 Å². The van der Waals surface area contributed by atoms with Crippen molar-refractivity contribution in [3.8, 4) is 11.5 Å². The average molecular weight is 496 g/mol. The Morgan fingerprint density at radius 2 is 1.73 bits per heavy atom. The van der Waals surface area contributed by atoms with E-state index in [1.54, 1.807) is 0 Å². The maximum atomic E-state index is 8.36. The van der Waals surface area contributed by atoms with E-state index in [-0.39, 0.29) is 6.47 Å². The van der Waals surface area contributed by atoms with Gasteiger partial charge in [0.05, 0.1) is 5.69 Å². The van der Waals surface area contributed by atoms with E-state index >= 15 is 0 Å². The minimum Gasteiger partial charge on any atom is -0.483 e. The fourth-order valence-corrected chi connectivity index (χ4v) is 4.47. The molecule has 0 fully saturated rings. The lowest BCUT2D eigenvalue weighted by Crippen LogP contribution is -2.21. The van der Waals surface area contributed by atoms with Gasteiger partial charge in [-0.3, -0.25) is 4.79 Å². The summed E-state index contributed by atoms with van der Waals surface area (Å²) >= 11 is 0. The fourth-order valence-electron chi connectivity index (χ4n) is 4.47. The van der Waals surface area contributed by atoms with Crippen LogP contribution in [0.3, 0.4) is 0 Å². The van der Waals surface area contributed by atoms with Crippen LogP contribution < -0.4 is 4.90 Å². The van der Waals surface area contributed by atoms with E-state index in [2.05, 4.69) is 78.0 Å². The first-order valence-electron chi connectivity index (χ1n) is 12.5. The highest BCUT2D eigenvalue weighted by Gasteiger charge is 2.12. The molecule has 0 aliphatic rings. The van der Waals surface area contributed by atoms with Gasteiger partial charge in [0.1, 0.15) is 5.76 Å². The molecule has 0 aliphatic carbocycles. The van der Waals surface area contributed by atoms with Gasteiger partial charge in [-0.15, -0.1) is 0 Å². The molecule has 1 N–H and O–H groups in total. The van der Waals surface area contributed by atoms with Crippen LogP contribution in [-0.2, 0) is 24.3 Å². The zero-order chi connectivity index (χ0) is 26.2. The second kappa shape index (κ2) is 12.1. The Morgan fingerprint density at radius 3 is 2.43 bits per heavy atom. The van der Waals surface area contributed by atoms with Crippen molar-refractivity contribution in [3.63, 3.8) is 0 Å². The molecular formula is C31H33N3O3. The maximum absolute atomic E-state index is 8.36. The predicted molar refractivity (Wildman–Crippen MR) is 149 cm³/mol. The van der Waals surface area contributed by atoms with E-state index in [1.807, 2.05) is 37.3 Å². The highest BCUT2D eigenvalue weighted by Crippen LogP contribution is 2.24. The average Bonchev–Trinajstić information content (AvgIpc) is 3.50. The van der Waals surface area contributed by atoms with Gasteiger partial charge in [-0.1, -0.05) is 48.0 Å². The Kier molecular flexibility index (Phi) is 8.41. The van der Waals surface area contributed by atoms with E-state index in [9.17, 15) is 0 Å². The van der Waals surface area contributed by atoms with Crippen molar-refractivity contribution >= 4 is 23.1 Å². The predicted octanol–water partition coefficient (Wildman–Crippen LogP) is 6.88. The molecule has 0 unspecified atom stereocenters. The maximum Gasteiger partial charge on any atom is 0.290 e. The summed E-state index contributed by atoms with van der Waals surface area (Å²) < 4.78 is 8.29. The number of hydrogen-bond acceptors (Lipinski definition) is 4. The molecular weight excluding hydrogens is 462 g/mol. The van der Waals surface area contributed by atoms with Crippen LogP contribution in [-0.4, -0.2) is 27.7 Å². The molecule has 190 valence electrons. The molecule has 0 saturated heterocycles. The summed E-state index contributed by atoms with van der Waals surface area (Å²) in [4.78, 5) is 15.6. The second-order valence-electron chi connectivity index (χ2n) is 9.00. The van der Waals surface area contributed by atoms with E-state index in [1.165, 1.54) is 27.7 Å². The number of anilines is 1. The molecule has 0 saturated carbocycles. The molecule has 0 bridgehead atoms. The molecule has 6 heteroatoms. The number of hydrogen-bond donors (Lipinski definition) is 1. The van der Waals surface area contributed by atoms with Crippen LogP contribution in [0.4, 0.5) is 5.69 Å². The third kappa shape index (κ3) is 6.28. The fraction of sp³-hybridized carbons (Fsp3) is 0.226. The number of oxazole rings is 1. The molecule has 0 amide bonds. The SMILES string of the molecule is CCN(Cc1ccc2ccn(CCc3nc(-c4ccccc4)oc3C)c2c1)c1ccc(C)cc1.O=CO. The topological polar surface area (TPSA) is 71.5 Å². The van der Waals surface area contributed by atoms with E-state index in [0.29, 0.717) is 5.89 Å². The molecule has 6 nitrogen and oxygen atoms in total. The van der Waals surface area contributed by atoms with Gasteiger partial charge in [-0.25, -0.2) is 4.98 Å². The zero-order valence-corrected chi connectivity index (χ0v) is 21.6. The number of aryl methyl sites for hydroxylation is 4. The molecule has 0 spiro atoms. The Morgan fingerprint density at radius 1 is 1.00 bits per heavy atom. The number of carbonyl (C=O) groups is 1. The molecule has 2 aromatic heterocycles. The third-order valence-electron chi connectivity index (χ3n) is 6.50. The molecule has 0 atom stereocenters. The second-order valence-corrected chi connectivity index (χ2v) is 9.00. The lowest BCUT2D eigenvalue weighted by atomic mass is 10.1. The summed E-state index contributed by atoms with van der Waals surface area (Å²) in [6.45, 7) is 8.83. The van der Waals surface area contributed by atoms with Crippen molar-refractivity contribution in [2.45, 2.75) is 40.3 Å². The lowest BCUT2D eigenvalue weighted by molar-refractivity contribution is -0.122. The first-order valence-corrected chi connectivity index (χ1v) is 12.5. The standard InChI is InChI=1S/C30H31N3O.CH2O2/c1-4-32(27-14-10-22(2)11-15-27)21-24-12-13-25-16-18-33(29(25)20-24)19-17-28-23(3)34-30(31-28)26-8-6-5-7-9-26;2-1-3/h5-16,18,20H,4,17,19,21H2,1-3H3;1H,(H,2,3). The van der Waals surface area contributed by atoms with Gasteiger partial charge in [-0.05, 0) is 68.1 Å². The van der Waals surface area contributed by atoms with Gasteiger partial charge in [0, 0.05) is 49.0 Å². The van der Waals surface area contributed by atoms with E-state index in [0.717, 1.165) is 43.1 Å². The van der Waals surface area contributed by atoms with Crippen LogP contribution in [0, 0.1) is 13.8 Å². The first-order chi connectivity index (χ1) is 18.0. The van der Waals surface area contributed by atoms with Gasteiger partial charge in [-0.2, -0.15) is 0 Å². The van der Waals surface area contributed by atoms with Gasteiger partial charge in [0.15, 0.2) is 0 Å². The van der Waals surface area contributed by atoms with Crippen LogP contribution in [0.1, 0.15) is 29.5 Å². The molecule has 3 aromatic carbocycles. The molecule has 5 rings (SSSR count). The summed E-state index contributed by atoms with van der Waals surface area (Å²) in [6.07, 6.45) is 3.01. The molecule has 2 heterocycles. The van der Waals surface area contributed by atoms with Crippen molar-refractivity contribution in [2.75, 3.05) is 11.4 Å².